The molecule has 106 valence electrons. The van der Waals surface area contributed by atoms with E-state index >= 15 is 0 Å². The van der Waals surface area contributed by atoms with E-state index in [2.05, 4.69) is 5.32 Å². The highest BCUT2D eigenvalue weighted by atomic mass is 35.5. The molecule has 0 heterocycles. The van der Waals surface area contributed by atoms with Crippen LogP contribution in [0, 0.1) is 5.41 Å². The van der Waals surface area contributed by atoms with Crippen LogP contribution in [0.3, 0.4) is 0 Å². The molecule has 1 amide bonds. The Balaban J connectivity index is 1.67. The van der Waals surface area contributed by atoms with Gasteiger partial charge in [-0.3, -0.25) is 9.59 Å². The van der Waals surface area contributed by atoms with Gasteiger partial charge in [0.05, 0.1) is 0 Å². The normalized spacial score (nSPS) is 21.1. The number of halogens is 1. The van der Waals surface area contributed by atoms with E-state index in [1.165, 1.54) is 0 Å². The van der Waals surface area contributed by atoms with Crippen LogP contribution in [0.15, 0.2) is 24.3 Å². The second kappa shape index (κ2) is 4.48. The third kappa shape index (κ3) is 2.18. The SMILES string of the molecule is O=C(O)C1(C(=O)NCC2(c3cccc(Cl)c3)CC2)CC1. The van der Waals surface area contributed by atoms with Crippen LogP contribution in [-0.2, 0) is 15.0 Å². The van der Waals surface area contributed by atoms with Crippen LogP contribution in [0.4, 0.5) is 0 Å². The first kappa shape index (κ1) is 13.4. The van der Waals surface area contributed by atoms with Crippen molar-refractivity contribution in [2.24, 2.45) is 5.41 Å². The van der Waals surface area contributed by atoms with Gasteiger partial charge in [0.15, 0.2) is 0 Å². The topological polar surface area (TPSA) is 66.4 Å². The Morgan fingerprint density at radius 2 is 1.95 bits per heavy atom. The van der Waals surface area contributed by atoms with Gasteiger partial charge in [-0.05, 0) is 43.4 Å². The van der Waals surface area contributed by atoms with Crippen molar-refractivity contribution in [2.75, 3.05) is 6.54 Å². The molecule has 1 aromatic rings. The molecular weight excluding hydrogens is 278 g/mol. The van der Waals surface area contributed by atoms with Gasteiger partial charge < -0.3 is 10.4 Å². The highest BCUT2D eigenvalue weighted by molar-refractivity contribution is 6.30. The molecule has 0 atom stereocenters. The number of amides is 1. The van der Waals surface area contributed by atoms with Crippen molar-refractivity contribution >= 4 is 23.5 Å². The molecule has 2 N–H and O–H groups in total. The Bertz CT molecular complexity index is 576. The molecule has 20 heavy (non-hydrogen) atoms. The molecule has 1 aromatic carbocycles. The van der Waals surface area contributed by atoms with Gasteiger partial charge in [-0.15, -0.1) is 0 Å². The summed E-state index contributed by atoms with van der Waals surface area (Å²) in [6, 6.07) is 7.66. The number of carboxylic acids is 1. The molecule has 2 saturated carbocycles. The van der Waals surface area contributed by atoms with Gasteiger partial charge >= 0.3 is 5.97 Å². The van der Waals surface area contributed by atoms with Crippen molar-refractivity contribution in [3.05, 3.63) is 34.9 Å². The van der Waals surface area contributed by atoms with Crippen LogP contribution in [0.5, 0.6) is 0 Å². The van der Waals surface area contributed by atoms with Gasteiger partial charge in [-0.1, -0.05) is 23.7 Å². The molecule has 0 saturated heterocycles. The molecule has 0 spiro atoms. The molecule has 0 radical (unpaired) electrons. The first-order valence-electron chi connectivity index (χ1n) is 6.76. The summed E-state index contributed by atoms with van der Waals surface area (Å²) in [6.45, 7) is 0.487. The molecular formula is C15H16ClNO3. The number of carboxylic acid groups (broad SMARTS) is 1. The largest absolute Gasteiger partial charge is 0.480 e. The van der Waals surface area contributed by atoms with Crippen molar-refractivity contribution in [1.82, 2.24) is 5.32 Å². The van der Waals surface area contributed by atoms with Crippen molar-refractivity contribution in [3.63, 3.8) is 0 Å². The summed E-state index contributed by atoms with van der Waals surface area (Å²) in [5, 5.41) is 12.6. The summed E-state index contributed by atoms with van der Waals surface area (Å²) in [5.74, 6) is -1.36. The van der Waals surface area contributed by atoms with Gasteiger partial charge in [-0.25, -0.2) is 0 Å². The standard InChI is InChI=1S/C15H16ClNO3/c16-11-3-1-2-10(8-11)14(4-5-14)9-17-12(18)15(6-7-15)13(19)20/h1-3,8H,4-7,9H2,(H,17,18)(H,19,20). The highest BCUT2D eigenvalue weighted by Crippen LogP contribution is 2.49. The lowest BCUT2D eigenvalue weighted by Gasteiger charge is -2.18. The Labute approximate surface area is 122 Å². The third-order valence-corrected chi connectivity index (χ3v) is 4.71. The maximum absolute atomic E-state index is 12.0. The third-order valence-electron chi connectivity index (χ3n) is 4.47. The average Bonchev–Trinajstić information content (AvgIpc) is 3.29. The van der Waals surface area contributed by atoms with Crippen LogP contribution >= 0.6 is 11.6 Å². The van der Waals surface area contributed by atoms with Gasteiger partial charge in [0.1, 0.15) is 5.41 Å². The lowest BCUT2D eigenvalue weighted by molar-refractivity contribution is -0.149. The Morgan fingerprint density at radius 1 is 1.25 bits per heavy atom. The molecule has 0 bridgehead atoms. The van der Waals surface area contributed by atoms with Crippen LogP contribution in [-0.4, -0.2) is 23.5 Å². The van der Waals surface area contributed by atoms with Crippen molar-refractivity contribution in [2.45, 2.75) is 31.1 Å². The number of nitrogens with one attached hydrogen (secondary N) is 1. The number of aliphatic carboxylic acids is 1. The van der Waals surface area contributed by atoms with Crippen LogP contribution in [0.1, 0.15) is 31.2 Å². The lowest BCUT2D eigenvalue weighted by atomic mass is 9.95. The maximum atomic E-state index is 12.0. The molecule has 0 aliphatic heterocycles. The summed E-state index contributed by atoms with van der Waals surface area (Å²) >= 11 is 6.00. The summed E-state index contributed by atoms with van der Waals surface area (Å²) in [7, 11) is 0. The molecule has 0 unspecified atom stereocenters. The molecule has 0 aromatic heterocycles. The summed E-state index contributed by atoms with van der Waals surface area (Å²) in [5.41, 5.74) is -0.106. The second-order valence-corrected chi connectivity index (χ2v) is 6.30. The predicted octanol–water partition coefficient (Wildman–Crippen LogP) is 2.35. The minimum absolute atomic E-state index is 0.0604. The summed E-state index contributed by atoms with van der Waals surface area (Å²) in [6.07, 6.45) is 2.87. The van der Waals surface area contributed by atoms with Crippen LogP contribution < -0.4 is 5.32 Å². The zero-order chi connectivity index (χ0) is 14.4. The summed E-state index contributed by atoms with van der Waals surface area (Å²) < 4.78 is 0. The van der Waals surface area contributed by atoms with Gasteiger partial charge in [0, 0.05) is 17.0 Å². The first-order chi connectivity index (χ1) is 9.48. The Kier molecular flexibility index (Phi) is 3.01. The average molecular weight is 294 g/mol. The Morgan fingerprint density at radius 3 is 2.45 bits per heavy atom. The second-order valence-electron chi connectivity index (χ2n) is 5.86. The van der Waals surface area contributed by atoms with E-state index < -0.39 is 11.4 Å². The fraction of sp³-hybridized carbons (Fsp3) is 0.467. The van der Waals surface area contributed by atoms with Crippen molar-refractivity contribution in [1.29, 1.82) is 0 Å². The minimum atomic E-state index is -1.16. The fourth-order valence-corrected chi connectivity index (χ4v) is 2.81. The van der Waals surface area contributed by atoms with Crippen molar-refractivity contribution in [3.8, 4) is 0 Å². The first-order valence-corrected chi connectivity index (χ1v) is 7.14. The van der Waals surface area contributed by atoms with Gasteiger partial charge in [-0.2, -0.15) is 0 Å². The van der Waals surface area contributed by atoms with Gasteiger partial charge in [0.2, 0.25) is 5.91 Å². The molecule has 2 aliphatic rings. The zero-order valence-electron chi connectivity index (χ0n) is 11.0. The van der Waals surface area contributed by atoms with E-state index in [0.717, 1.165) is 18.4 Å². The van der Waals surface area contributed by atoms with Crippen molar-refractivity contribution < 1.29 is 14.7 Å². The van der Waals surface area contributed by atoms with E-state index in [4.69, 9.17) is 16.7 Å². The predicted molar refractivity (Wildman–Crippen MR) is 74.7 cm³/mol. The minimum Gasteiger partial charge on any atom is -0.480 e. The number of carbonyl (C=O) groups excluding carboxylic acids is 1. The van der Waals surface area contributed by atoms with E-state index in [9.17, 15) is 9.59 Å². The van der Waals surface area contributed by atoms with Gasteiger partial charge in [0.25, 0.3) is 0 Å². The van der Waals surface area contributed by atoms with E-state index in [1.54, 1.807) is 0 Å². The number of benzene rings is 1. The fourth-order valence-electron chi connectivity index (χ4n) is 2.62. The molecule has 5 heteroatoms. The Hall–Kier alpha value is -1.55. The van der Waals surface area contributed by atoms with E-state index in [0.29, 0.717) is 24.4 Å². The molecule has 2 aliphatic carbocycles. The number of rotatable bonds is 5. The lowest BCUT2D eigenvalue weighted by Crippen LogP contribution is -2.40. The van der Waals surface area contributed by atoms with E-state index in [-0.39, 0.29) is 11.3 Å². The van der Waals surface area contributed by atoms with Crippen LogP contribution in [0.25, 0.3) is 0 Å². The monoisotopic (exact) mass is 293 g/mol. The number of hydrogen-bond acceptors (Lipinski definition) is 2. The van der Waals surface area contributed by atoms with E-state index in [1.807, 2.05) is 24.3 Å². The highest BCUT2D eigenvalue weighted by Gasteiger charge is 2.57. The quantitative estimate of drug-likeness (QED) is 0.819. The number of hydrogen-bond donors (Lipinski definition) is 2. The smallest absolute Gasteiger partial charge is 0.319 e. The molecule has 2 fully saturated rings. The maximum Gasteiger partial charge on any atom is 0.319 e. The van der Waals surface area contributed by atoms with Crippen LogP contribution in [0.2, 0.25) is 5.02 Å². The number of carbonyl (C=O) groups is 2. The molecule has 3 rings (SSSR count). The molecule has 4 nitrogen and oxygen atoms in total. The summed E-state index contributed by atoms with van der Waals surface area (Å²) in [4.78, 5) is 23.1. The zero-order valence-corrected chi connectivity index (χ0v) is 11.7.